The molecule has 4 nitrogen and oxygen atoms in total. The third kappa shape index (κ3) is 3.01. The number of ether oxygens (including phenoxy) is 3. The third-order valence-electron chi connectivity index (χ3n) is 2.88. The van der Waals surface area contributed by atoms with Gasteiger partial charge in [0.1, 0.15) is 29.9 Å². The normalized spacial score (nSPS) is 9.65. The summed E-state index contributed by atoms with van der Waals surface area (Å²) in [6.07, 6.45) is 0. The van der Waals surface area contributed by atoms with Gasteiger partial charge in [0.05, 0.1) is 19.8 Å². The van der Waals surface area contributed by atoms with Gasteiger partial charge < -0.3 is 14.2 Å². The lowest BCUT2D eigenvalue weighted by atomic mass is 10.2. The molecule has 20 heavy (non-hydrogen) atoms. The molecule has 0 saturated heterocycles. The van der Waals surface area contributed by atoms with Gasteiger partial charge in [0, 0.05) is 5.56 Å². The predicted octanol–water partition coefficient (Wildman–Crippen LogP) is 3.15. The van der Waals surface area contributed by atoms with E-state index < -0.39 is 0 Å². The zero-order valence-corrected chi connectivity index (χ0v) is 11.4. The van der Waals surface area contributed by atoms with E-state index in [1.165, 1.54) is 0 Å². The number of hydrogen-bond donors (Lipinski definition) is 0. The summed E-state index contributed by atoms with van der Waals surface area (Å²) in [6, 6.07) is 14.7. The molecule has 0 unspecified atom stereocenters. The molecule has 2 aromatic carbocycles. The van der Waals surface area contributed by atoms with Gasteiger partial charge >= 0.3 is 0 Å². The van der Waals surface area contributed by atoms with E-state index in [0.717, 1.165) is 17.1 Å². The van der Waals surface area contributed by atoms with Crippen LogP contribution in [0.5, 0.6) is 17.2 Å². The van der Waals surface area contributed by atoms with Crippen molar-refractivity contribution in [2.45, 2.75) is 6.61 Å². The summed E-state index contributed by atoms with van der Waals surface area (Å²) in [6.45, 7) is 0.305. The summed E-state index contributed by atoms with van der Waals surface area (Å²) in [5.41, 5.74) is 1.37. The second kappa shape index (κ2) is 6.48. The molecule has 0 N–H and O–H groups in total. The van der Waals surface area contributed by atoms with Crippen LogP contribution in [-0.2, 0) is 6.61 Å². The topological polar surface area (TPSA) is 51.5 Å². The minimum Gasteiger partial charge on any atom is -0.497 e. The highest BCUT2D eigenvalue weighted by Gasteiger charge is 2.08. The van der Waals surface area contributed by atoms with E-state index in [1.807, 2.05) is 24.3 Å². The van der Waals surface area contributed by atoms with Crippen LogP contribution in [0, 0.1) is 11.3 Å². The molecule has 0 aliphatic carbocycles. The Morgan fingerprint density at radius 1 is 1.00 bits per heavy atom. The lowest BCUT2D eigenvalue weighted by molar-refractivity contribution is 0.294. The highest BCUT2D eigenvalue weighted by molar-refractivity contribution is 5.44. The quantitative estimate of drug-likeness (QED) is 0.836. The zero-order valence-electron chi connectivity index (χ0n) is 11.4. The first-order valence-electron chi connectivity index (χ1n) is 6.11. The van der Waals surface area contributed by atoms with Gasteiger partial charge in [-0.25, -0.2) is 0 Å². The molecule has 0 aliphatic heterocycles. The van der Waals surface area contributed by atoms with Gasteiger partial charge in [0.2, 0.25) is 0 Å². The van der Waals surface area contributed by atoms with Crippen LogP contribution in [0.3, 0.4) is 0 Å². The SMILES string of the molecule is COc1ccc(OC)c(COc2ccccc2C#N)c1. The molecule has 2 rings (SSSR count). The maximum atomic E-state index is 9.02. The van der Waals surface area contributed by atoms with Crippen LogP contribution in [0.1, 0.15) is 11.1 Å². The molecule has 2 aromatic rings. The Kier molecular flexibility index (Phi) is 4.46. The Bertz CT molecular complexity index is 632. The molecule has 0 heterocycles. The molecule has 0 aliphatic rings. The monoisotopic (exact) mass is 269 g/mol. The van der Waals surface area contributed by atoms with Gasteiger partial charge in [-0.15, -0.1) is 0 Å². The van der Waals surface area contributed by atoms with E-state index >= 15 is 0 Å². The van der Waals surface area contributed by atoms with E-state index in [2.05, 4.69) is 6.07 Å². The average Bonchev–Trinajstić information content (AvgIpc) is 2.52. The van der Waals surface area contributed by atoms with Gasteiger partial charge in [-0.1, -0.05) is 12.1 Å². The molecule has 0 aromatic heterocycles. The average molecular weight is 269 g/mol. The van der Waals surface area contributed by atoms with Crippen molar-refractivity contribution in [1.82, 2.24) is 0 Å². The number of rotatable bonds is 5. The molecule has 0 spiro atoms. The van der Waals surface area contributed by atoms with Gasteiger partial charge in [-0.2, -0.15) is 5.26 Å². The lowest BCUT2D eigenvalue weighted by Crippen LogP contribution is -2.00. The minimum atomic E-state index is 0.305. The van der Waals surface area contributed by atoms with Crippen LogP contribution in [0.25, 0.3) is 0 Å². The second-order valence-electron chi connectivity index (χ2n) is 4.07. The van der Waals surface area contributed by atoms with Crippen LogP contribution >= 0.6 is 0 Å². The molecule has 0 bridgehead atoms. The fourth-order valence-corrected chi connectivity index (χ4v) is 1.84. The Hall–Kier alpha value is -2.67. The Morgan fingerprint density at radius 3 is 2.50 bits per heavy atom. The summed E-state index contributed by atoms with van der Waals surface area (Å²) < 4.78 is 16.2. The Morgan fingerprint density at radius 2 is 1.80 bits per heavy atom. The first kappa shape index (κ1) is 13.8. The fraction of sp³-hybridized carbons (Fsp3) is 0.188. The van der Waals surface area contributed by atoms with E-state index in [1.54, 1.807) is 32.4 Å². The van der Waals surface area contributed by atoms with Crippen molar-refractivity contribution < 1.29 is 14.2 Å². The summed E-state index contributed by atoms with van der Waals surface area (Å²) in [7, 11) is 3.21. The van der Waals surface area contributed by atoms with Crippen LogP contribution in [-0.4, -0.2) is 14.2 Å². The summed E-state index contributed by atoms with van der Waals surface area (Å²) >= 11 is 0. The van der Waals surface area contributed by atoms with E-state index in [9.17, 15) is 0 Å². The summed E-state index contributed by atoms with van der Waals surface area (Å²) in [5, 5.41) is 9.02. The Labute approximate surface area is 118 Å². The minimum absolute atomic E-state index is 0.305. The largest absolute Gasteiger partial charge is 0.497 e. The van der Waals surface area contributed by atoms with Crippen molar-refractivity contribution in [3.8, 4) is 23.3 Å². The zero-order chi connectivity index (χ0) is 14.4. The molecule has 0 radical (unpaired) electrons. The first-order valence-corrected chi connectivity index (χ1v) is 6.11. The van der Waals surface area contributed by atoms with E-state index in [-0.39, 0.29) is 0 Å². The van der Waals surface area contributed by atoms with Crippen molar-refractivity contribution >= 4 is 0 Å². The molecular weight excluding hydrogens is 254 g/mol. The molecule has 0 saturated carbocycles. The van der Waals surface area contributed by atoms with Crippen molar-refractivity contribution in [2.75, 3.05) is 14.2 Å². The van der Waals surface area contributed by atoms with Crippen LogP contribution in [0.4, 0.5) is 0 Å². The first-order chi connectivity index (χ1) is 9.78. The van der Waals surface area contributed by atoms with Crippen molar-refractivity contribution in [2.24, 2.45) is 0 Å². The number of para-hydroxylation sites is 1. The van der Waals surface area contributed by atoms with Crippen LogP contribution in [0.15, 0.2) is 42.5 Å². The van der Waals surface area contributed by atoms with Crippen LogP contribution in [0.2, 0.25) is 0 Å². The highest BCUT2D eigenvalue weighted by atomic mass is 16.5. The number of hydrogen-bond acceptors (Lipinski definition) is 4. The van der Waals surface area contributed by atoms with Gasteiger partial charge in [0.15, 0.2) is 0 Å². The second-order valence-corrected chi connectivity index (χ2v) is 4.07. The van der Waals surface area contributed by atoms with Crippen molar-refractivity contribution in [1.29, 1.82) is 5.26 Å². The van der Waals surface area contributed by atoms with E-state index in [0.29, 0.717) is 17.9 Å². The van der Waals surface area contributed by atoms with Gasteiger partial charge in [-0.3, -0.25) is 0 Å². The predicted molar refractivity (Wildman–Crippen MR) is 75.0 cm³/mol. The van der Waals surface area contributed by atoms with Gasteiger partial charge in [0.25, 0.3) is 0 Å². The molecule has 102 valence electrons. The number of benzene rings is 2. The molecular formula is C16H15NO3. The summed E-state index contributed by atoms with van der Waals surface area (Å²) in [5.74, 6) is 2.01. The third-order valence-corrected chi connectivity index (χ3v) is 2.88. The van der Waals surface area contributed by atoms with Gasteiger partial charge in [-0.05, 0) is 30.3 Å². The molecule has 4 heteroatoms. The fourth-order valence-electron chi connectivity index (χ4n) is 1.84. The summed E-state index contributed by atoms with van der Waals surface area (Å²) in [4.78, 5) is 0. The maximum absolute atomic E-state index is 9.02. The standard InChI is InChI=1S/C16H15NO3/c1-18-14-7-8-15(19-2)13(9-14)11-20-16-6-4-3-5-12(16)10-17/h3-9H,11H2,1-2H3. The number of nitriles is 1. The number of methoxy groups -OCH3 is 2. The number of nitrogens with zero attached hydrogens (tertiary/aromatic N) is 1. The van der Waals surface area contributed by atoms with Crippen molar-refractivity contribution in [3.63, 3.8) is 0 Å². The Balaban J connectivity index is 2.20. The van der Waals surface area contributed by atoms with Crippen molar-refractivity contribution in [3.05, 3.63) is 53.6 Å². The van der Waals surface area contributed by atoms with Crippen LogP contribution < -0.4 is 14.2 Å². The lowest BCUT2D eigenvalue weighted by Gasteiger charge is -2.12. The molecule has 0 amide bonds. The molecule has 0 atom stereocenters. The smallest absolute Gasteiger partial charge is 0.137 e. The molecule has 0 fully saturated rings. The highest BCUT2D eigenvalue weighted by Crippen LogP contribution is 2.26. The van der Waals surface area contributed by atoms with E-state index in [4.69, 9.17) is 19.5 Å². The maximum Gasteiger partial charge on any atom is 0.137 e.